The first-order valence-electron chi connectivity index (χ1n) is 8.42. The zero-order chi connectivity index (χ0) is 17.4. The topological polar surface area (TPSA) is 32.3 Å². The molecule has 0 bridgehead atoms. The Labute approximate surface area is 148 Å². The summed E-state index contributed by atoms with van der Waals surface area (Å²) in [4.78, 5) is 14.0. The molecule has 0 N–H and O–H groups in total. The minimum atomic E-state index is -0.287. The van der Waals surface area contributed by atoms with Crippen molar-refractivity contribution < 1.29 is 0 Å². The summed E-state index contributed by atoms with van der Waals surface area (Å²) in [6.45, 7) is 9.00. The second-order valence-corrected chi connectivity index (χ2v) is 6.95. The molecule has 3 aromatic rings. The fraction of sp³-hybridized carbons (Fsp3) is 0.190. The maximum absolute atomic E-state index is 4.92. The van der Waals surface area contributed by atoms with Gasteiger partial charge in [0.15, 0.2) is 11.6 Å². The molecule has 0 fully saturated rings. The summed E-state index contributed by atoms with van der Waals surface area (Å²) in [6.07, 6.45) is 1.84. The van der Waals surface area contributed by atoms with Crippen LogP contribution >= 0.6 is 0 Å². The van der Waals surface area contributed by atoms with Gasteiger partial charge >= 0.3 is 0 Å². The van der Waals surface area contributed by atoms with E-state index in [0.717, 1.165) is 28.7 Å². The Morgan fingerprint density at radius 1 is 0.840 bits per heavy atom. The predicted molar refractivity (Wildman–Crippen MR) is 102 cm³/mol. The van der Waals surface area contributed by atoms with Gasteiger partial charge in [-0.05, 0) is 38.1 Å². The number of aromatic nitrogens is 2. The monoisotopic (exact) mass is 329 g/mol. The zero-order valence-electron chi connectivity index (χ0n) is 14.6. The molecule has 1 aliphatic heterocycles. The average Bonchev–Trinajstić information content (AvgIpc) is 3.01. The van der Waals surface area contributed by atoms with Crippen LogP contribution in [0.5, 0.6) is 0 Å². The van der Waals surface area contributed by atoms with Gasteiger partial charge < -0.3 is 9.80 Å². The lowest BCUT2D eigenvalue weighted by Gasteiger charge is -2.20. The van der Waals surface area contributed by atoms with Crippen LogP contribution in [0.3, 0.4) is 0 Å². The highest BCUT2D eigenvalue weighted by Crippen LogP contribution is 2.42. The fourth-order valence-corrected chi connectivity index (χ4v) is 2.97. The van der Waals surface area contributed by atoms with Crippen LogP contribution in [0.15, 0.2) is 66.9 Å². The van der Waals surface area contributed by atoms with Crippen molar-refractivity contribution in [3.8, 4) is 0 Å². The lowest BCUT2D eigenvalue weighted by molar-refractivity contribution is 0.635. The molecule has 0 saturated heterocycles. The molecule has 4 heteroatoms. The predicted octanol–water partition coefficient (Wildman–Crippen LogP) is 4.84. The number of para-hydroxylation sites is 2. The van der Waals surface area contributed by atoms with Gasteiger partial charge in [-0.3, -0.25) is 0 Å². The van der Waals surface area contributed by atoms with E-state index < -0.39 is 0 Å². The van der Waals surface area contributed by atoms with Crippen LogP contribution < -0.4 is 9.80 Å². The molecule has 1 aromatic heterocycles. The summed E-state index contributed by atoms with van der Waals surface area (Å²) in [6, 6.07) is 20.6. The van der Waals surface area contributed by atoms with Crippen molar-refractivity contribution in [3.05, 3.63) is 79.5 Å². The molecule has 0 radical (unpaired) electrons. The molecule has 0 saturated carbocycles. The van der Waals surface area contributed by atoms with Crippen molar-refractivity contribution in [1.82, 2.24) is 9.97 Å². The largest absolute Gasteiger partial charge is 0.305 e. The Balaban J connectivity index is 1.85. The lowest BCUT2D eigenvalue weighted by Crippen LogP contribution is -2.24. The van der Waals surface area contributed by atoms with E-state index in [1.807, 2.05) is 42.6 Å². The molecule has 25 heavy (non-hydrogen) atoms. The Morgan fingerprint density at radius 2 is 1.36 bits per heavy atom. The van der Waals surface area contributed by atoms with E-state index in [1.54, 1.807) is 0 Å². The number of anilines is 4. The first-order chi connectivity index (χ1) is 12.0. The number of nitrogens with zero attached hydrogens (tertiary/aromatic N) is 4. The van der Waals surface area contributed by atoms with Gasteiger partial charge in [0, 0.05) is 11.4 Å². The maximum Gasteiger partial charge on any atom is 0.178 e. The summed E-state index contributed by atoms with van der Waals surface area (Å²) in [7, 11) is 0. The number of fused-ring (bicyclic) bond motifs is 1. The van der Waals surface area contributed by atoms with Gasteiger partial charge in [-0.1, -0.05) is 36.4 Å². The molecule has 0 unspecified atom stereocenters. The second kappa shape index (κ2) is 5.81. The Bertz CT molecular complexity index is 869. The van der Waals surface area contributed by atoms with Crippen LogP contribution in [0.1, 0.15) is 19.5 Å². The number of hydrogen-bond donors (Lipinski definition) is 0. The van der Waals surface area contributed by atoms with Crippen LogP contribution in [0.2, 0.25) is 0 Å². The Morgan fingerprint density at radius 3 is 1.88 bits per heavy atom. The van der Waals surface area contributed by atoms with E-state index in [4.69, 9.17) is 9.97 Å². The van der Waals surface area contributed by atoms with Gasteiger partial charge in [-0.2, -0.15) is 0 Å². The van der Waals surface area contributed by atoms with Gasteiger partial charge in [-0.15, -0.1) is 0 Å². The van der Waals surface area contributed by atoms with Crippen LogP contribution in [-0.4, -0.2) is 16.6 Å². The van der Waals surface area contributed by atoms with Crippen molar-refractivity contribution in [3.63, 3.8) is 0 Å². The Kier molecular flexibility index (Phi) is 3.61. The molecule has 0 atom stereocenters. The third-order valence-corrected chi connectivity index (χ3v) is 4.36. The standard InChI is InChI=1S/C21H21N4/c1-21(2,3)18-14-22-19-20(23-18)25(17-12-8-5-9-13-17)15-24(19)16-10-6-4-7-11-16/h4-14H,1,15H2,2-3H3/q+1. The third-order valence-electron chi connectivity index (χ3n) is 4.36. The molecule has 4 nitrogen and oxygen atoms in total. The molecule has 0 amide bonds. The highest BCUT2D eigenvalue weighted by atomic mass is 15.4. The van der Waals surface area contributed by atoms with E-state index in [2.05, 4.69) is 54.8 Å². The summed E-state index contributed by atoms with van der Waals surface area (Å²) >= 11 is 0. The van der Waals surface area contributed by atoms with E-state index in [1.165, 1.54) is 0 Å². The van der Waals surface area contributed by atoms with Crippen LogP contribution in [0.25, 0.3) is 0 Å². The van der Waals surface area contributed by atoms with Crippen LogP contribution in [0, 0.1) is 6.92 Å². The second-order valence-electron chi connectivity index (χ2n) is 6.95. The maximum atomic E-state index is 4.92. The van der Waals surface area contributed by atoms with Gasteiger partial charge in [-0.25, -0.2) is 9.97 Å². The fourth-order valence-electron chi connectivity index (χ4n) is 2.97. The first kappa shape index (κ1) is 15.5. The molecular weight excluding hydrogens is 308 g/mol. The van der Waals surface area contributed by atoms with E-state index in [9.17, 15) is 0 Å². The number of hydrogen-bond acceptors (Lipinski definition) is 4. The highest BCUT2D eigenvalue weighted by Gasteiger charge is 2.34. The minimum absolute atomic E-state index is 0.287. The summed E-state index contributed by atoms with van der Waals surface area (Å²) < 4.78 is 0. The Hall–Kier alpha value is -3.01. The van der Waals surface area contributed by atoms with Crippen molar-refractivity contribution in [2.75, 3.05) is 16.5 Å². The first-order valence-corrected chi connectivity index (χ1v) is 8.42. The van der Waals surface area contributed by atoms with E-state index >= 15 is 0 Å². The molecule has 0 spiro atoms. The SMILES string of the molecule is [CH2+]C(C)(C)c1cnc2c(n1)N(c1ccccc1)CN2c1ccccc1. The minimum Gasteiger partial charge on any atom is -0.305 e. The molecule has 124 valence electrons. The summed E-state index contributed by atoms with van der Waals surface area (Å²) in [5, 5.41) is 0. The van der Waals surface area contributed by atoms with E-state index in [-0.39, 0.29) is 5.41 Å². The molecular formula is C21H21N4+. The van der Waals surface area contributed by atoms with Crippen LogP contribution in [0.4, 0.5) is 23.0 Å². The normalized spacial score (nSPS) is 13.8. The van der Waals surface area contributed by atoms with Gasteiger partial charge in [0.1, 0.15) is 17.8 Å². The lowest BCUT2D eigenvalue weighted by atomic mass is 9.93. The van der Waals surface area contributed by atoms with Crippen molar-refractivity contribution in [1.29, 1.82) is 0 Å². The molecule has 1 aliphatic rings. The summed E-state index contributed by atoms with van der Waals surface area (Å²) in [5.74, 6) is 1.76. The quantitative estimate of drug-likeness (QED) is 0.644. The van der Waals surface area contributed by atoms with Gasteiger partial charge in [0.05, 0.1) is 13.1 Å². The molecule has 4 rings (SSSR count). The summed E-state index contributed by atoms with van der Waals surface area (Å²) in [5.41, 5.74) is 2.82. The molecule has 0 aliphatic carbocycles. The van der Waals surface area contributed by atoms with Gasteiger partial charge in [0.25, 0.3) is 0 Å². The molecule has 2 heterocycles. The smallest absolute Gasteiger partial charge is 0.178 e. The zero-order valence-corrected chi connectivity index (χ0v) is 14.6. The number of rotatable bonds is 3. The average molecular weight is 329 g/mol. The highest BCUT2D eigenvalue weighted by molar-refractivity contribution is 5.81. The molecule has 2 aromatic carbocycles. The van der Waals surface area contributed by atoms with Crippen molar-refractivity contribution >= 4 is 23.0 Å². The van der Waals surface area contributed by atoms with Crippen LogP contribution in [-0.2, 0) is 5.41 Å². The van der Waals surface area contributed by atoms with Crippen molar-refractivity contribution in [2.45, 2.75) is 19.3 Å². The van der Waals surface area contributed by atoms with Crippen molar-refractivity contribution in [2.24, 2.45) is 0 Å². The van der Waals surface area contributed by atoms with E-state index in [0.29, 0.717) is 6.67 Å². The van der Waals surface area contributed by atoms with Gasteiger partial charge in [0.2, 0.25) is 0 Å². The third kappa shape index (κ3) is 2.80. The number of benzene rings is 2.